The lowest BCUT2D eigenvalue weighted by molar-refractivity contribution is -0.195. The van der Waals surface area contributed by atoms with Gasteiger partial charge in [0.2, 0.25) is 11.8 Å². The van der Waals surface area contributed by atoms with Crippen molar-refractivity contribution in [3.8, 4) is 5.75 Å². The van der Waals surface area contributed by atoms with E-state index in [9.17, 15) is 35.8 Å². The lowest BCUT2D eigenvalue weighted by Crippen LogP contribution is -2.61. The average Bonchev–Trinajstić information content (AvgIpc) is 2.69. The molecule has 1 spiro atoms. The normalized spacial score (nSPS) is 25.8. The number of anilines is 1. The van der Waals surface area contributed by atoms with E-state index in [1.54, 1.807) is 16.3 Å². The predicted molar refractivity (Wildman–Crippen MR) is 107 cm³/mol. The second-order valence-corrected chi connectivity index (χ2v) is 10.9. The van der Waals surface area contributed by atoms with Gasteiger partial charge in [-0.1, -0.05) is 0 Å². The summed E-state index contributed by atoms with van der Waals surface area (Å²) in [4.78, 5) is 2.13. The Morgan fingerprint density at radius 2 is 1.75 bits per heavy atom. The zero-order chi connectivity index (χ0) is 23.7. The van der Waals surface area contributed by atoms with Crippen molar-refractivity contribution in [3.05, 3.63) is 17.7 Å². The van der Waals surface area contributed by atoms with Crippen LogP contribution in [-0.2, 0) is 6.18 Å². The van der Waals surface area contributed by atoms with E-state index in [1.807, 2.05) is 0 Å². The number of benzene rings is 1. The van der Waals surface area contributed by atoms with E-state index in [0.717, 1.165) is 31.0 Å². The van der Waals surface area contributed by atoms with Crippen LogP contribution >= 0.6 is 11.9 Å². The monoisotopic (exact) mass is 486 g/mol. The number of rotatable bonds is 4. The minimum absolute atomic E-state index is 0.117. The molecule has 3 aliphatic rings. The highest BCUT2D eigenvalue weighted by Crippen LogP contribution is 2.64. The number of phenolic OH excluding ortho intramolecular Hbond substituents is 1. The maximum atomic E-state index is 13.5. The van der Waals surface area contributed by atoms with Gasteiger partial charge < -0.3 is 10.0 Å². The van der Waals surface area contributed by atoms with Crippen LogP contribution in [0.1, 0.15) is 51.0 Å². The van der Waals surface area contributed by atoms with Crippen LogP contribution in [0.3, 0.4) is 0 Å². The lowest BCUT2D eigenvalue weighted by atomic mass is 9.52. The van der Waals surface area contributed by atoms with E-state index in [1.165, 1.54) is 0 Å². The Balaban J connectivity index is 1.65. The first-order chi connectivity index (χ1) is 14.6. The third-order valence-electron chi connectivity index (χ3n) is 6.82. The molecule has 2 saturated carbocycles. The van der Waals surface area contributed by atoms with E-state index in [0.29, 0.717) is 17.7 Å². The molecule has 1 N–H and O–H groups in total. The number of hydrogen-bond donors (Lipinski definition) is 1. The summed E-state index contributed by atoms with van der Waals surface area (Å²) in [6, 6.07) is 1.29. The number of nitrogens with zero attached hydrogens (tertiary/aromatic N) is 2. The zero-order valence-corrected chi connectivity index (χ0v) is 18.5. The highest BCUT2D eigenvalue weighted by atomic mass is 32.2. The molecule has 1 aromatic carbocycles. The molecule has 1 aliphatic heterocycles. The topological polar surface area (TPSA) is 26.7 Å². The molecule has 1 atom stereocenters. The quantitative estimate of drug-likeness (QED) is 0.386. The number of likely N-dealkylation sites (N-methyl/N-ethyl adjacent to an activating group) is 1. The summed E-state index contributed by atoms with van der Waals surface area (Å²) in [6.45, 7) is 1.02. The van der Waals surface area contributed by atoms with E-state index in [2.05, 4.69) is 0 Å². The Hall–Kier alpha value is -1.36. The van der Waals surface area contributed by atoms with E-state index >= 15 is 0 Å². The Bertz CT molecular complexity index is 870. The molecular formula is C21H25F7N2OS. The van der Waals surface area contributed by atoms with Gasteiger partial charge in [0.25, 0.3) is 0 Å². The van der Waals surface area contributed by atoms with E-state index < -0.39 is 40.8 Å². The molecule has 1 heterocycles. The molecule has 1 aromatic rings. The first-order valence-corrected chi connectivity index (χ1v) is 11.2. The maximum Gasteiger partial charge on any atom is 0.420 e. The molecule has 0 radical (unpaired) electrons. The minimum Gasteiger partial charge on any atom is -0.507 e. The van der Waals surface area contributed by atoms with Gasteiger partial charge in [-0.15, -0.1) is 0 Å². The van der Waals surface area contributed by atoms with Gasteiger partial charge in [0.05, 0.1) is 16.1 Å². The fourth-order valence-corrected chi connectivity index (χ4v) is 6.35. The lowest BCUT2D eigenvalue weighted by Gasteiger charge is -2.60. The van der Waals surface area contributed by atoms with E-state index in [4.69, 9.17) is 0 Å². The molecule has 32 heavy (non-hydrogen) atoms. The molecule has 11 heteroatoms. The summed E-state index contributed by atoms with van der Waals surface area (Å²) < 4.78 is 96.0. The second kappa shape index (κ2) is 7.58. The van der Waals surface area contributed by atoms with Gasteiger partial charge in [0.15, 0.2) is 0 Å². The van der Waals surface area contributed by atoms with E-state index in [-0.39, 0.29) is 44.0 Å². The first-order valence-electron chi connectivity index (χ1n) is 10.4. The highest BCUT2D eigenvalue weighted by molar-refractivity contribution is 7.97. The van der Waals surface area contributed by atoms with Crippen LogP contribution in [0.25, 0.3) is 0 Å². The van der Waals surface area contributed by atoms with Gasteiger partial charge in [0.1, 0.15) is 5.75 Å². The minimum atomic E-state index is -4.77. The summed E-state index contributed by atoms with van der Waals surface area (Å²) in [6.07, 6.45) is -4.63. The molecule has 0 bridgehead atoms. The van der Waals surface area contributed by atoms with Crippen LogP contribution in [0.4, 0.5) is 36.4 Å². The van der Waals surface area contributed by atoms with Crippen LogP contribution in [0.15, 0.2) is 17.0 Å². The van der Waals surface area contributed by atoms with Gasteiger partial charge in [-0.25, -0.2) is 21.9 Å². The van der Waals surface area contributed by atoms with Crippen molar-refractivity contribution in [2.45, 2.75) is 80.4 Å². The fourth-order valence-electron chi connectivity index (χ4n) is 5.29. The maximum absolute atomic E-state index is 13.5. The molecule has 2 fully saturated rings. The number of hydrogen-bond acceptors (Lipinski definition) is 4. The molecule has 0 saturated heterocycles. The Morgan fingerprint density at radius 3 is 2.28 bits per heavy atom. The van der Waals surface area contributed by atoms with Crippen molar-refractivity contribution in [1.82, 2.24) is 4.31 Å². The molecule has 0 aromatic heterocycles. The second-order valence-electron chi connectivity index (χ2n) is 9.66. The fraction of sp³-hybridized carbons (Fsp3) is 0.714. The van der Waals surface area contributed by atoms with Crippen molar-refractivity contribution >= 4 is 17.6 Å². The average molecular weight is 486 g/mol. The van der Waals surface area contributed by atoms with Gasteiger partial charge in [-0.05, 0) is 62.7 Å². The summed E-state index contributed by atoms with van der Waals surface area (Å²) in [5, 5.41) is 9.99. The molecular weight excluding hydrogens is 461 g/mol. The van der Waals surface area contributed by atoms with Crippen LogP contribution in [0, 0.1) is 5.41 Å². The van der Waals surface area contributed by atoms with Crippen molar-refractivity contribution < 1.29 is 35.8 Å². The van der Waals surface area contributed by atoms with Crippen molar-refractivity contribution in [1.29, 1.82) is 0 Å². The summed E-state index contributed by atoms with van der Waals surface area (Å²) in [7, 11) is 1.68. The Morgan fingerprint density at radius 1 is 1.12 bits per heavy atom. The van der Waals surface area contributed by atoms with Crippen molar-refractivity contribution in [2.24, 2.45) is 5.41 Å². The molecule has 4 rings (SSSR count). The number of aromatic hydroxyl groups is 1. The molecule has 0 unspecified atom stereocenters. The third kappa shape index (κ3) is 4.64. The molecule has 2 aliphatic carbocycles. The predicted octanol–water partition coefficient (Wildman–Crippen LogP) is 6.55. The SMILES string of the molecule is CN1Sc2cc(O)c(C(F)(F)F)cc2N(C2CC3(C2)CC(F)(F)C3)C[C@@H]1CCC(C)(F)F. The Labute approximate surface area is 186 Å². The van der Waals surface area contributed by atoms with Crippen LogP contribution in [0.5, 0.6) is 5.75 Å². The number of halogens is 7. The highest BCUT2D eigenvalue weighted by Gasteiger charge is 2.63. The molecule has 3 nitrogen and oxygen atoms in total. The van der Waals surface area contributed by atoms with Crippen molar-refractivity contribution in [3.63, 3.8) is 0 Å². The van der Waals surface area contributed by atoms with Gasteiger partial charge in [-0.2, -0.15) is 13.2 Å². The summed E-state index contributed by atoms with van der Waals surface area (Å²) >= 11 is 1.10. The third-order valence-corrected chi connectivity index (χ3v) is 7.93. The van der Waals surface area contributed by atoms with Crippen LogP contribution < -0.4 is 4.90 Å². The van der Waals surface area contributed by atoms with Crippen LogP contribution in [0.2, 0.25) is 0 Å². The summed E-state index contributed by atoms with van der Waals surface area (Å²) in [5.41, 5.74) is -1.41. The number of fused-ring (bicyclic) bond motifs is 1. The smallest absolute Gasteiger partial charge is 0.420 e. The largest absolute Gasteiger partial charge is 0.507 e. The van der Waals surface area contributed by atoms with Crippen LogP contribution in [-0.4, -0.2) is 46.9 Å². The van der Waals surface area contributed by atoms with Gasteiger partial charge >= 0.3 is 6.18 Å². The standard InChI is InChI=1S/C21H25F7N2OS/c1-18(22,23)4-3-12-9-30(13-7-19(8-13)10-20(24,25)11-19)15-5-14(21(26,27)28)16(31)6-17(15)32-29(12)2/h5-6,12-13,31H,3-4,7-11H2,1-2H3/t12-/m0/s1. The van der Waals surface area contributed by atoms with Gasteiger partial charge in [0, 0.05) is 37.9 Å². The number of alkyl halides is 7. The summed E-state index contributed by atoms with van der Waals surface area (Å²) in [5.74, 6) is -6.48. The Kier molecular flexibility index (Phi) is 5.63. The van der Waals surface area contributed by atoms with Gasteiger partial charge in [-0.3, -0.25) is 0 Å². The number of phenols is 1. The zero-order valence-electron chi connectivity index (χ0n) is 17.7. The first kappa shape index (κ1) is 23.8. The molecule has 0 amide bonds. The van der Waals surface area contributed by atoms with Crippen molar-refractivity contribution in [2.75, 3.05) is 18.5 Å². The molecule has 180 valence electrons.